The molecule has 1 saturated heterocycles. The Hall–Kier alpha value is -1.55. The van der Waals surface area contributed by atoms with Crippen molar-refractivity contribution in [2.75, 3.05) is 25.5 Å². The van der Waals surface area contributed by atoms with Crippen LogP contribution in [0.25, 0.3) is 0 Å². The number of carbonyl (C=O) groups is 1. The summed E-state index contributed by atoms with van der Waals surface area (Å²) in [6.07, 6.45) is 1.49. The van der Waals surface area contributed by atoms with Gasteiger partial charge in [0.2, 0.25) is 5.91 Å². The Morgan fingerprint density at radius 2 is 2.18 bits per heavy atom. The van der Waals surface area contributed by atoms with Gasteiger partial charge >= 0.3 is 0 Å². The molecule has 4 nitrogen and oxygen atoms in total. The number of hydrogen-bond acceptors (Lipinski definition) is 3. The van der Waals surface area contributed by atoms with E-state index >= 15 is 0 Å². The fourth-order valence-electron chi connectivity index (χ4n) is 2.21. The molecule has 1 aliphatic rings. The number of hydrogen-bond donors (Lipinski definition) is 2. The fraction of sp³-hybridized carbons (Fsp3) is 0.462. The Bertz CT molecular complexity index is 388. The van der Waals surface area contributed by atoms with E-state index in [1.165, 1.54) is 6.42 Å². The zero-order valence-electron chi connectivity index (χ0n) is 10.1. The second-order valence-corrected chi connectivity index (χ2v) is 4.73. The summed E-state index contributed by atoms with van der Waals surface area (Å²) in [6.45, 7) is 2.24. The number of benzene rings is 1. The Balaban J connectivity index is 1.91. The maximum atomic E-state index is 10.8. The highest BCUT2D eigenvalue weighted by Gasteiger charge is 2.18. The molecule has 1 aromatic carbocycles. The summed E-state index contributed by atoms with van der Waals surface area (Å²) >= 11 is 0. The van der Waals surface area contributed by atoms with E-state index in [9.17, 15) is 4.79 Å². The van der Waals surface area contributed by atoms with Gasteiger partial charge in [-0.15, -0.1) is 0 Å². The third-order valence-electron chi connectivity index (χ3n) is 3.09. The molecule has 0 radical (unpaired) electrons. The van der Waals surface area contributed by atoms with Crippen molar-refractivity contribution < 1.29 is 4.79 Å². The van der Waals surface area contributed by atoms with Crippen LogP contribution in [0.5, 0.6) is 0 Å². The molecule has 3 N–H and O–H groups in total. The van der Waals surface area contributed by atoms with Crippen LogP contribution in [0.4, 0.5) is 5.69 Å². The standard InChI is InChI=1S/C13H19N3O/c1-16-7-6-12(9-16)15-11-4-2-10(3-5-11)8-13(14)17/h2-5,12,15H,6-9H2,1H3,(H2,14,17). The minimum absolute atomic E-state index is 0.289. The lowest BCUT2D eigenvalue weighted by atomic mass is 10.1. The summed E-state index contributed by atoms with van der Waals surface area (Å²) in [5.74, 6) is -0.289. The number of rotatable bonds is 4. The van der Waals surface area contributed by atoms with Gasteiger partial charge in [-0.2, -0.15) is 0 Å². The van der Waals surface area contributed by atoms with Gasteiger partial charge in [0.15, 0.2) is 0 Å². The first kappa shape index (κ1) is 11.9. The van der Waals surface area contributed by atoms with E-state index in [1.54, 1.807) is 0 Å². The molecule has 1 unspecified atom stereocenters. The van der Waals surface area contributed by atoms with Crippen LogP contribution in [-0.4, -0.2) is 37.0 Å². The molecule has 0 aliphatic carbocycles. The third-order valence-corrected chi connectivity index (χ3v) is 3.09. The highest BCUT2D eigenvalue weighted by Crippen LogP contribution is 2.15. The summed E-state index contributed by atoms with van der Waals surface area (Å²) in [4.78, 5) is 13.1. The number of nitrogens with two attached hydrogens (primary N) is 1. The Morgan fingerprint density at radius 1 is 1.47 bits per heavy atom. The van der Waals surface area contributed by atoms with Crippen molar-refractivity contribution in [3.05, 3.63) is 29.8 Å². The SMILES string of the molecule is CN1CCC(Nc2ccc(CC(N)=O)cc2)C1. The monoisotopic (exact) mass is 233 g/mol. The molecule has 0 spiro atoms. The summed E-state index contributed by atoms with van der Waals surface area (Å²) < 4.78 is 0. The largest absolute Gasteiger partial charge is 0.381 e. The summed E-state index contributed by atoms with van der Waals surface area (Å²) in [7, 11) is 2.14. The molecule has 1 aromatic rings. The van der Waals surface area contributed by atoms with Crippen molar-refractivity contribution in [3.63, 3.8) is 0 Å². The van der Waals surface area contributed by atoms with Crippen molar-refractivity contribution in [1.29, 1.82) is 0 Å². The van der Waals surface area contributed by atoms with E-state index in [-0.39, 0.29) is 5.91 Å². The summed E-state index contributed by atoms with van der Waals surface area (Å²) in [6, 6.07) is 8.45. The molecule has 4 heteroatoms. The van der Waals surface area contributed by atoms with Gasteiger partial charge in [-0.3, -0.25) is 4.79 Å². The number of nitrogens with zero attached hydrogens (tertiary/aromatic N) is 1. The van der Waals surface area contributed by atoms with Crippen molar-refractivity contribution >= 4 is 11.6 Å². The van der Waals surface area contributed by atoms with E-state index < -0.39 is 0 Å². The average Bonchev–Trinajstić information content (AvgIpc) is 2.66. The molecule has 2 rings (SSSR count). The van der Waals surface area contributed by atoms with Gasteiger partial charge < -0.3 is 16.0 Å². The molecule has 0 saturated carbocycles. The molecule has 0 aromatic heterocycles. The first-order valence-electron chi connectivity index (χ1n) is 5.96. The van der Waals surface area contributed by atoms with E-state index in [4.69, 9.17) is 5.73 Å². The zero-order valence-corrected chi connectivity index (χ0v) is 10.1. The lowest BCUT2D eigenvalue weighted by Crippen LogP contribution is -2.23. The maximum Gasteiger partial charge on any atom is 0.221 e. The Kier molecular flexibility index (Phi) is 3.64. The average molecular weight is 233 g/mol. The van der Waals surface area contributed by atoms with Gasteiger partial charge in [-0.25, -0.2) is 0 Å². The third kappa shape index (κ3) is 3.46. The molecule has 1 atom stereocenters. The molecule has 17 heavy (non-hydrogen) atoms. The van der Waals surface area contributed by atoms with Gasteiger partial charge in [0.1, 0.15) is 0 Å². The fourth-order valence-corrected chi connectivity index (χ4v) is 2.21. The van der Waals surface area contributed by atoms with Gasteiger partial charge in [0.05, 0.1) is 6.42 Å². The normalized spacial score (nSPS) is 20.4. The maximum absolute atomic E-state index is 10.8. The molecule has 1 aliphatic heterocycles. The van der Waals surface area contributed by atoms with E-state index in [1.807, 2.05) is 24.3 Å². The first-order valence-corrected chi connectivity index (χ1v) is 5.96. The number of carbonyl (C=O) groups excluding carboxylic acids is 1. The first-order chi connectivity index (χ1) is 8.13. The summed E-state index contributed by atoms with van der Waals surface area (Å²) in [5, 5.41) is 3.49. The molecular formula is C13H19N3O. The summed E-state index contributed by atoms with van der Waals surface area (Å²) in [5.41, 5.74) is 7.22. The van der Waals surface area contributed by atoms with Gasteiger partial charge in [-0.1, -0.05) is 12.1 Å². The Morgan fingerprint density at radius 3 is 2.71 bits per heavy atom. The van der Waals surface area contributed by atoms with E-state index in [0.29, 0.717) is 12.5 Å². The quantitative estimate of drug-likeness (QED) is 0.810. The number of amides is 1. The van der Waals surface area contributed by atoms with Crippen LogP contribution in [0.3, 0.4) is 0 Å². The number of nitrogens with one attached hydrogen (secondary N) is 1. The van der Waals surface area contributed by atoms with Gasteiger partial charge in [0.25, 0.3) is 0 Å². The molecule has 92 valence electrons. The van der Waals surface area contributed by atoms with E-state index in [0.717, 1.165) is 24.3 Å². The lowest BCUT2D eigenvalue weighted by Gasteiger charge is -2.14. The van der Waals surface area contributed by atoms with Crippen molar-refractivity contribution in [1.82, 2.24) is 4.90 Å². The smallest absolute Gasteiger partial charge is 0.221 e. The Labute approximate surface area is 102 Å². The molecular weight excluding hydrogens is 214 g/mol. The number of likely N-dealkylation sites (tertiary alicyclic amines) is 1. The van der Waals surface area contributed by atoms with Crippen molar-refractivity contribution in [3.8, 4) is 0 Å². The molecule has 1 amide bonds. The lowest BCUT2D eigenvalue weighted by molar-refractivity contribution is -0.117. The topological polar surface area (TPSA) is 58.4 Å². The second kappa shape index (κ2) is 5.19. The van der Waals surface area contributed by atoms with Crippen molar-refractivity contribution in [2.45, 2.75) is 18.9 Å². The predicted octanol–water partition coefficient (Wildman–Crippen LogP) is 0.830. The van der Waals surface area contributed by atoms with Crippen LogP contribution in [0, 0.1) is 0 Å². The van der Waals surface area contributed by atoms with Gasteiger partial charge in [-0.05, 0) is 37.7 Å². The highest BCUT2D eigenvalue weighted by atomic mass is 16.1. The van der Waals surface area contributed by atoms with Crippen molar-refractivity contribution in [2.24, 2.45) is 5.73 Å². The van der Waals surface area contributed by atoms with Crippen LogP contribution in [0.2, 0.25) is 0 Å². The van der Waals surface area contributed by atoms with E-state index in [2.05, 4.69) is 17.3 Å². The zero-order chi connectivity index (χ0) is 12.3. The molecule has 0 bridgehead atoms. The highest BCUT2D eigenvalue weighted by molar-refractivity contribution is 5.76. The minimum Gasteiger partial charge on any atom is -0.381 e. The predicted molar refractivity (Wildman–Crippen MR) is 68.9 cm³/mol. The van der Waals surface area contributed by atoms with Crippen LogP contribution in [0.1, 0.15) is 12.0 Å². The number of likely N-dealkylation sites (N-methyl/N-ethyl adjacent to an activating group) is 1. The number of primary amides is 1. The van der Waals surface area contributed by atoms with Crippen LogP contribution in [-0.2, 0) is 11.2 Å². The number of anilines is 1. The molecule has 1 fully saturated rings. The van der Waals surface area contributed by atoms with Gasteiger partial charge in [0, 0.05) is 18.3 Å². The molecule has 1 heterocycles. The van der Waals surface area contributed by atoms with Crippen LogP contribution in [0.15, 0.2) is 24.3 Å². The minimum atomic E-state index is -0.289. The van der Waals surface area contributed by atoms with Crippen LogP contribution < -0.4 is 11.1 Å². The second-order valence-electron chi connectivity index (χ2n) is 4.73. The van der Waals surface area contributed by atoms with Crippen LogP contribution >= 0.6 is 0 Å².